The van der Waals surface area contributed by atoms with Gasteiger partial charge in [0.15, 0.2) is 17.4 Å². The molecule has 0 amide bonds. The van der Waals surface area contributed by atoms with Gasteiger partial charge in [-0.2, -0.15) is 12.1 Å². The molecule has 6 heteroatoms. The number of hydrogen-bond donors (Lipinski definition) is 0. The Balaban J connectivity index is 0.00000351. The van der Waals surface area contributed by atoms with Crippen molar-refractivity contribution in [1.82, 2.24) is 18.7 Å². The minimum Gasteiger partial charge on any atom is -0.358 e. The zero-order chi connectivity index (χ0) is 31.4. The van der Waals surface area contributed by atoms with E-state index in [0.29, 0.717) is 0 Å². The third-order valence-corrected chi connectivity index (χ3v) is 8.74. The fourth-order valence-electron chi connectivity index (χ4n) is 6.41. The van der Waals surface area contributed by atoms with Crippen LogP contribution in [0.5, 0.6) is 0 Å². The Morgan fingerprint density at radius 2 is 1.38 bits per heavy atom. The maximum atomic E-state index is 4.88. The van der Waals surface area contributed by atoms with Gasteiger partial charge in [-0.15, -0.1) is 29.7 Å². The van der Waals surface area contributed by atoms with Crippen LogP contribution in [0.15, 0.2) is 134 Å². The second-order valence-corrected chi connectivity index (χ2v) is 12.8. The Kier molecular flexibility index (Phi) is 7.82. The normalized spacial score (nSPS) is 11.7. The van der Waals surface area contributed by atoms with Crippen molar-refractivity contribution < 1.29 is 21.1 Å². The number of aromatic nitrogens is 4. The average Bonchev–Trinajstić information content (AvgIpc) is 3.60. The number of anilines is 3. The smallest absolute Gasteiger partial charge is 0.188 e. The molecule has 0 bridgehead atoms. The second-order valence-electron chi connectivity index (χ2n) is 12.8. The van der Waals surface area contributed by atoms with Crippen LogP contribution in [0, 0.1) is 12.1 Å². The monoisotopic (exact) mass is 791 g/mol. The Morgan fingerprint density at radius 1 is 0.681 bits per heavy atom. The number of nitrogens with zero attached hydrogens (tertiary/aromatic N) is 5. The van der Waals surface area contributed by atoms with Crippen molar-refractivity contribution in [2.45, 2.75) is 26.2 Å². The molecule has 0 aliphatic rings. The molecule has 0 aliphatic heterocycles. The topological polar surface area (TPSA) is 30.9 Å². The summed E-state index contributed by atoms with van der Waals surface area (Å²) in [6.45, 7) is 6.71. The fourth-order valence-corrected chi connectivity index (χ4v) is 6.41. The van der Waals surface area contributed by atoms with Crippen molar-refractivity contribution >= 4 is 49.9 Å². The number of rotatable bonds is 5. The summed E-state index contributed by atoms with van der Waals surface area (Å²) in [5.74, 6) is 0.888. The predicted octanol–water partition coefficient (Wildman–Crippen LogP) is 10.1. The van der Waals surface area contributed by atoms with Gasteiger partial charge in [0.1, 0.15) is 5.82 Å². The van der Waals surface area contributed by atoms with Gasteiger partial charge in [-0.1, -0.05) is 80.1 Å². The van der Waals surface area contributed by atoms with Crippen molar-refractivity contribution in [2.75, 3.05) is 4.90 Å². The van der Waals surface area contributed by atoms with Crippen LogP contribution in [-0.2, 0) is 33.5 Å². The summed E-state index contributed by atoms with van der Waals surface area (Å²) in [6.07, 6.45) is 4.03. The first kappa shape index (κ1) is 30.7. The molecule has 0 saturated carbocycles. The minimum atomic E-state index is -0.00161. The van der Waals surface area contributed by atoms with Crippen LogP contribution < -0.4 is 4.90 Å². The zero-order valence-corrected chi connectivity index (χ0v) is 29.0. The number of aryl methyl sites for hydroxylation is 1. The first-order valence-electron chi connectivity index (χ1n) is 15.6. The Hall–Kier alpha value is -4.99. The molecule has 0 spiro atoms. The number of hydrogen-bond acceptors (Lipinski definition) is 2. The molecule has 3 heterocycles. The molecule has 0 radical (unpaired) electrons. The number of pyridine rings is 1. The van der Waals surface area contributed by atoms with E-state index in [2.05, 4.69) is 180 Å². The van der Waals surface area contributed by atoms with Gasteiger partial charge >= 0.3 is 0 Å². The van der Waals surface area contributed by atoms with E-state index >= 15 is 0 Å². The van der Waals surface area contributed by atoms with Crippen LogP contribution in [0.25, 0.3) is 44.3 Å². The summed E-state index contributed by atoms with van der Waals surface area (Å²) < 4.78 is 6.59. The van der Waals surface area contributed by atoms with Gasteiger partial charge in [0, 0.05) is 63.3 Å². The van der Waals surface area contributed by atoms with Crippen LogP contribution >= 0.6 is 0 Å². The molecular weight excluding hydrogens is 758 g/mol. The van der Waals surface area contributed by atoms with Crippen LogP contribution in [0.3, 0.4) is 0 Å². The molecule has 5 nitrogen and oxygen atoms in total. The van der Waals surface area contributed by atoms with Crippen molar-refractivity contribution in [3.8, 4) is 11.5 Å². The van der Waals surface area contributed by atoms with Crippen molar-refractivity contribution in [1.29, 1.82) is 0 Å². The number of benzene rings is 5. The predicted molar refractivity (Wildman–Crippen MR) is 190 cm³/mol. The van der Waals surface area contributed by atoms with E-state index in [4.69, 9.17) is 4.98 Å². The van der Waals surface area contributed by atoms with E-state index < -0.39 is 0 Å². The average molecular weight is 792 g/mol. The maximum Gasteiger partial charge on any atom is 0.188 e. The van der Waals surface area contributed by atoms with Crippen LogP contribution in [0.4, 0.5) is 17.1 Å². The van der Waals surface area contributed by atoms with E-state index in [-0.39, 0.29) is 26.5 Å². The van der Waals surface area contributed by atoms with Gasteiger partial charge in [0.25, 0.3) is 0 Å². The summed E-state index contributed by atoms with van der Waals surface area (Å²) in [6, 6.07) is 50.1. The number of fused-ring (bicyclic) bond motifs is 4. The van der Waals surface area contributed by atoms with E-state index in [1.54, 1.807) is 0 Å². The van der Waals surface area contributed by atoms with Gasteiger partial charge in [-0.25, -0.2) is 14.1 Å². The van der Waals surface area contributed by atoms with Gasteiger partial charge in [-0.05, 0) is 58.8 Å². The minimum absolute atomic E-state index is 0. The largest absolute Gasteiger partial charge is 0.358 e. The molecule has 0 N–H and O–H groups in total. The summed E-state index contributed by atoms with van der Waals surface area (Å²) in [5.41, 5.74) is 9.47. The number of imidazole rings is 1. The van der Waals surface area contributed by atoms with Crippen LogP contribution in [-0.4, -0.2) is 18.7 Å². The van der Waals surface area contributed by atoms with E-state index in [1.165, 1.54) is 10.9 Å². The molecule has 0 atom stereocenters. The van der Waals surface area contributed by atoms with Crippen molar-refractivity contribution in [3.63, 3.8) is 0 Å². The molecule has 0 unspecified atom stereocenters. The molecule has 8 rings (SSSR count). The van der Waals surface area contributed by atoms with Crippen molar-refractivity contribution in [2.24, 2.45) is 7.05 Å². The summed E-state index contributed by atoms with van der Waals surface area (Å²) in [5, 5.41) is 2.31. The standard InChI is InChI=1S/C41H34N5.Pt/c1-41(2,3)29-23-24-42-40(25-29)46-36-18-9-8-17-34(36)35-22-21-33(27-39(35)46)45(30-13-6-5-7-14-30)32-16-12-15-31(26-32)44-28-43(4)37-19-10-11-20-38(37)44;/h5-25,28H,1-4H3;/q-1;. The molecular formula is C41H34N5Pt-. The first-order valence-corrected chi connectivity index (χ1v) is 15.6. The Labute approximate surface area is 289 Å². The molecule has 3 aromatic heterocycles. The van der Waals surface area contributed by atoms with Crippen molar-refractivity contribution in [3.05, 3.63) is 152 Å². The van der Waals surface area contributed by atoms with E-state index in [9.17, 15) is 0 Å². The third-order valence-electron chi connectivity index (χ3n) is 8.74. The maximum absolute atomic E-state index is 4.88. The Bertz CT molecular complexity index is 2380. The van der Waals surface area contributed by atoms with E-state index in [1.807, 2.05) is 12.3 Å². The number of para-hydroxylation sites is 4. The zero-order valence-electron chi connectivity index (χ0n) is 26.8. The molecule has 5 aromatic carbocycles. The first-order chi connectivity index (χ1) is 22.4. The van der Waals surface area contributed by atoms with Crippen LogP contribution in [0.2, 0.25) is 0 Å². The molecule has 0 fully saturated rings. The molecule has 47 heavy (non-hydrogen) atoms. The molecule has 0 aliphatic carbocycles. The third kappa shape index (κ3) is 5.35. The van der Waals surface area contributed by atoms with Gasteiger partial charge < -0.3 is 9.47 Å². The summed E-state index contributed by atoms with van der Waals surface area (Å²) in [7, 11) is 2.08. The van der Waals surface area contributed by atoms with Gasteiger partial charge in [0.2, 0.25) is 0 Å². The van der Waals surface area contributed by atoms with Gasteiger partial charge in [-0.3, -0.25) is 0 Å². The quantitative estimate of drug-likeness (QED) is 0.163. The van der Waals surface area contributed by atoms with Gasteiger partial charge in [0.05, 0.1) is 0 Å². The SMILES string of the molecule is Cn1[cH+]n(-c2[c-]c(N(c3[c-]c4c(cc3)c3ccccc3n4-c3cc(C(C)(C)C)ccn3)c3ccccc3)ccc2)c2ccccc21.[Pt]. The molecule has 8 aromatic rings. The summed E-state index contributed by atoms with van der Waals surface area (Å²) in [4.78, 5) is 7.11. The Morgan fingerprint density at radius 3 is 2.17 bits per heavy atom. The van der Waals surface area contributed by atoms with Crippen LogP contribution in [0.1, 0.15) is 26.3 Å². The molecule has 0 saturated heterocycles. The fraction of sp³-hybridized carbons (Fsp3) is 0.122. The second kappa shape index (κ2) is 12.0. The summed E-state index contributed by atoms with van der Waals surface area (Å²) >= 11 is 0. The van der Waals surface area contributed by atoms with E-state index in [0.717, 1.165) is 56.0 Å². The molecule has 234 valence electrons.